The molecule has 0 aliphatic carbocycles. The molecular weight excluding hydrogens is 348 g/mol. The van der Waals surface area contributed by atoms with Gasteiger partial charge in [0.2, 0.25) is 11.8 Å². The maximum atomic E-state index is 12.2. The van der Waals surface area contributed by atoms with Gasteiger partial charge in [0.1, 0.15) is 11.8 Å². The van der Waals surface area contributed by atoms with Gasteiger partial charge in [-0.05, 0) is 6.07 Å². The normalized spacial score (nSPS) is 11.5. The fraction of sp³-hybridized carbons (Fsp3) is 0.438. The van der Waals surface area contributed by atoms with E-state index in [1.54, 1.807) is 21.1 Å². The molecule has 1 amide bonds. The molecule has 2 N–H and O–H groups in total. The Hall–Kier alpha value is -2.16. The average molecular weight is 371 g/mol. The van der Waals surface area contributed by atoms with Gasteiger partial charge in [0, 0.05) is 26.1 Å². The number of rotatable bonds is 9. The molecule has 0 saturated carbocycles. The zero-order valence-corrected chi connectivity index (χ0v) is 15.3. The van der Waals surface area contributed by atoms with Gasteiger partial charge in [0.05, 0.1) is 20.3 Å². The molecule has 1 unspecified atom stereocenters. The minimum Gasteiger partial charge on any atom is -0.496 e. The number of ether oxygens (including phenoxy) is 2. The van der Waals surface area contributed by atoms with Crippen LogP contribution in [0.1, 0.15) is 23.3 Å². The van der Waals surface area contributed by atoms with Crippen molar-refractivity contribution in [1.82, 2.24) is 20.8 Å². The van der Waals surface area contributed by atoms with Crippen molar-refractivity contribution < 1.29 is 18.8 Å². The van der Waals surface area contributed by atoms with E-state index in [0.717, 1.165) is 5.56 Å². The number of hydrogen-bond acceptors (Lipinski definition) is 7. The minimum atomic E-state index is -0.560. The summed E-state index contributed by atoms with van der Waals surface area (Å²) in [5.41, 5.74) is 0.756. The smallest absolute Gasteiger partial charge is 0.234 e. The number of nitrogens with zero attached hydrogens (tertiary/aromatic N) is 2. The molecule has 0 aliphatic heterocycles. The maximum absolute atomic E-state index is 12.2. The van der Waals surface area contributed by atoms with Crippen molar-refractivity contribution in [3.63, 3.8) is 0 Å². The molecule has 0 bridgehead atoms. The van der Waals surface area contributed by atoms with Crippen LogP contribution < -0.4 is 15.4 Å². The van der Waals surface area contributed by atoms with E-state index in [0.29, 0.717) is 30.6 Å². The van der Waals surface area contributed by atoms with Crippen LogP contribution in [0.3, 0.4) is 0 Å². The zero-order valence-electron chi connectivity index (χ0n) is 14.4. The van der Waals surface area contributed by atoms with Crippen molar-refractivity contribution in [3.8, 4) is 5.75 Å². The van der Waals surface area contributed by atoms with E-state index < -0.39 is 6.04 Å². The Bertz CT molecular complexity index is 665. The van der Waals surface area contributed by atoms with Crippen molar-refractivity contribution in [2.24, 2.45) is 0 Å². The Morgan fingerprint density at radius 1 is 1.32 bits per heavy atom. The molecule has 25 heavy (non-hydrogen) atoms. The topological polar surface area (TPSA) is 98.5 Å². The first-order valence-electron chi connectivity index (χ1n) is 7.57. The van der Waals surface area contributed by atoms with E-state index in [9.17, 15) is 4.79 Å². The van der Waals surface area contributed by atoms with Gasteiger partial charge in [-0.3, -0.25) is 4.79 Å². The van der Waals surface area contributed by atoms with Gasteiger partial charge in [-0.1, -0.05) is 23.4 Å². The summed E-state index contributed by atoms with van der Waals surface area (Å²) in [4.78, 5) is 16.5. The number of methoxy groups -OCH3 is 2. The molecule has 1 aromatic carbocycles. The average Bonchev–Trinajstić information content (AvgIpc) is 3.03. The molecule has 0 saturated heterocycles. The lowest BCUT2D eigenvalue weighted by molar-refractivity contribution is -0.120. The molecule has 0 radical (unpaired) electrons. The summed E-state index contributed by atoms with van der Waals surface area (Å²) in [6, 6.07) is 6.83. The van der Waals surface area contributed by atoms with Crippen LogP contribution in [0, 0.1) is 6.92 Å². The van der Waals surface area contributed by atoms with Gasteiger partial charge in [0.15, 0.2) is 5.82 Å². The predicted octanol–water partition coefficient (Wildman–Crippen LogP) is 1.25. The fourth-order valence-corrected chi connectivity index (χ4v) is 2.21. The third kappa shape index (κ3) is 6.00. The van der Waals surface area contributed by atoms with Crippen LogP contribution in [0.25, 0.3) is 0 Å². The second-order valence-electron chi connectivity index (χ2n) is 5.08. The summed E-state index contributed by atoms with van der Waals surface area (Å²) in [6.07, 6.45) is 0. The first-order chi connectivity index (χ1) is 11.7. The summed E-state index contributed by atoms with van der Waals surface area (Å²) >= 11 is 0. The zero-order chi connectivity index (χ0) is 17.4. The number of nitrogens with one attached hydrogen (secondary N) is 2. The highest BCUT2D eigenvalue weighted by molar-refractivity contribution is 5.85. The number of aromatic nitrogens is 2. The van der Waals surface area contributed by atoms with Crippen molar-refractivity contribution in [3.05, 3.63) is 41.5 Å². The number of benzene rings is 1. The summed E-state index contributed by atoms with van der Waals surface area (Å²) < 4.78 is 15.4. The van der Waals surface area contributed by atoms with Crippen LogP contribution in [-0.4, -0.2) is 50.0 Å². The van der Waals surface area contributed by atoms with Crippen molar-refractivity contribution in [1.29, 1.82) is 0 Å². The standard InChI is InChI=1S/C16H22N4O4.ClH/c1-11-18-16(20-24-11)15(12-6-4-5-7-13(12)23-3)19-14(21)10-17-8-9-22-2;/h4-7,15,17H,8-10H2,1-3H3,(H,19,21);1H. The second kappa shape index (κ2) is 10.7. The van der Waals surface area contributed by atoms with E-state index in [1.165, 1.54) is 0 Å². The first-order valence-corrected chi connectivity index (χ1v) is 7.57. The molecule has 8 nitrogen and oxygen atoms in total. The van der Waals surface area contributed by atoms with Gasteiger partial charge in [0.25, 0.3) is 0 Å². The number of halogens is 1. The monoisotopic (exact) mass is 370 g/mol. The van der Waals surface area contributed by atoms with Crippen LogP contribution in [0.2, 0.25) is 0 Å². The third-order valence-electron chi connectivity index (χ3n) is 3.33. The molecule has 0 aliphatic rings. The molecule has 2 aromatic rings. The van der Waals surface area contributed by atoms with E-state index in [1.807, 2.05) is 24.3 Å². The van der Waals surface area contributed by atoms with Crippen LogP contribution in [0.5, 0.6) is 5.75 Å². The fourth-order valence-electron chi connectivity index (χ4n) is 2.21. The third-order valence-corrected chi connectivity index (χ3v) is 3.33. The first kappa shape index (κ1) is 20.9. The molecule has 9 heteroatoms. The molecule has 138 valence electrons. The van der Waals surface area contributed by atoms with Crippen molar-refractivity contribution in [2.75, 3.05) is 33.9 Å². The Morgan fingerprint density at radius 3 is 2.72 bits per heavy atom. The number of amides is 1. The molecular formula is C16H23ClN4O4. The van der Waals surface area contributed by atoms with Gasteiger partial charge in [-0.15, -0.1) is 12.4 Å². The van der Waals surface area contributed by atoms with Crippen molar-refractivity contribution >= 4 is 18.3 Å². The quantitative estimate of drug-likeness (QED) is 0.641. The lowest BCUT2D eigenvalue weighted by Gasteiger charge is -2.18. The van der Waals surface area contributed by atoms with Crippen LogP contribution in [-0.2, 0) is 9.53 Å². The van der Waals surface area contributed by atoms with E-state index in [4.69, 9.17) is 14.0 Å². The van der Waals surface area contributed by atoms with Gasteiger partial charge >= 0.3 is 0 Å². The van der Waals surface area contributed by atoms with Crippen LogP contribution >= 0.6 is 12.4 Å². The Morgan fingerprint density at radius 2 is 2.08 bits per heavy atom. The van der Waals surface area contributed by atoms with Gasteiger partial charge in [-0.25, -0.2) is 0 Å². The molecule has 0 fully saturated rings. The summed E-state index contributed by atoms with van der Waals surface area (Å²) in [5, 5.41) is 9.84. The second-order valence-corrected chi connectivity index (χ2v) is 5.08. The highest BCUT2D eigenvalue weighted by Gasteiger charge is 2.24. The number of para-hydroxylation sites is 1. The highest BCUT2D eigenvalue weighted by atomic mass is 35.5. The largest absolute Gasteiger partial charge is 0.496 e. The SMILES string of the molecule is COCCNCC(=O)NC(c1noc(C)n1)c1ccccc1OC.Cl. The summed E-state index contributed by atoms with van der Waals surface area (Å²) in [6.45, 7) is 2.98. The van der Waals surface area contributed by atoms with Crippen LogP contribution in [0.15, 0.2) is 28.8 Å². The Balaban J connectivity index is 0.00000312. The molecule has 0 spiro atoms. The lowest BCUT2D eigenvalue weighted by atomic mass is 10.0. The molecule has 2 rings (SSSR count). The summed E-state index contributed by atoms with van der Waals surface area (Å²) in [7, 11) is 3.18. The molecule has 1 aromatic heterocycles. The van der Waals surface area contributed by atoms with Gasteiger partial charge < -0.3 is 24.6 Å². The maximum Gasteiger partial charge on any atom is 0.234 e. The summed E-state index contributed by atoms with van der Waals surface area (Å²) in [5.74, 6) is 1.25. The van der Waals surface area contributed by atoms with E-state index in [2.05, 4.69) is 20.8 Å². The Kier molecular flexibility index (Phi) is 8.90. The van der Waals surface area contributed by atoms with E-state index in [-0.39, 0.29) is 24.9 Å². The number of carbonyl (C=O) groups excluding carboxylic acids is 1. The van der Waals surface area contributed by atoms with Gasteiger partial charge in [-0.2, -0.15) is 4.98 Å². The molecule has 1 heterocycles. The van der Waals surface area contributed by atoms with Crippen molar-refractivity contribution in [2.45, 2.75) is 13.0 Å². The lowest BCUT2D eigenvalue weighted by Crippen LogP contribution is -2.38. The minimum absolute atomic E-state index is 0. The predicted molar refractivity (Wildman–Crippen MR) is 94.0 cm³/mol. The highest BCUT2D eigenvalue weighted by Crippen LogP contribution is 2.28. The number of hydrogen-bond donors (Lipinski definition) is 2. The van der Waals surface area contributed by atoms with E-state index >= 15 is 0 Å². The van der Waals surface area contributed by atoms with Crippen LogP contribution in [0.4, 0.5) is 0 Å². The number of carbonyl (C=O) groups is 1. The molecule has 1 atom stereocenters. The Labute approximate surface area is 152 Å². The number of aryl methyl sites for hydroxylation is 1.